The molecule has 0 saturated carbocycles. The molecule has 0 aliphatic carbocycles. The van der Waals surface area contributed by atoms with Gasteiger partial charge in [0.1, 0.15) is 0 Å². The van der Waals surface area contributed by atoms with E-state index in [4.69, 9.17) is 0 Å². The topological polar surface area (TPSA) is 29.1 Å². The lowest BCUT2D eigenvalue weighted by Gasteiger charge is -2.16. The molecule has 0 spiro atoms. The van der Waals surface area contributed by atoms with E-state index in [0.717, 1.165) is 112 Å². The highest BCUT2D eigenvalue weighted by Crippen LogP contribution is 2.49. The first-order valence-electron chi connectivity index (χ1n) is 49.7. The van der Waals surface area contributed by atoms with E-state index in [1.54, 1.807) is 0 Å². The third-order valence-electron chi connectivity index (χ3n) is 30.7. The van der Waals surface area contributed by atoms with Gasteiger partial charge in [-0.3, -0.25) is 0 Å². The van der Waals surface area contributed by atoms with Gasteiger partial charge in [-0.2, -0.15) is 0 Å². The fourth-order valence-electron chi connectivity index (χ4n) is 24.0. The standard InChI is InChI=1S/C138H86N6/c1-5-25-87(26-6-1)89-49-61-106(62-50-89)140-127-46-18-15-41-113(127)120-79-98(56-69-131(120)140)100-57-70-132-121(81-100)115-67-54-103(85-137(115)141(132)107-63-51-90(52-64-107)88-27-7-2-8-28-88)102-59-72-134-124(84-102)123-83-101(99-55-68-130-119(80-99)112-40-14-17-45-126(112)139(130)105-36-11-4-12-37-105)58-71-133(123)143(134)109-65-74-135-125(86-109)114-42-16-19-47-128(114)142(135)108-38-23-35-104(77-108)118-78-96(53-66-110(118)91-29-9-3-10-30-91)94-33-21-31-92(75-94)93-32-22-34-95(76-93)97-60-73-136-122(82-97)117-44-24-43-116-111-39-13-20-48-129(111)144(136)138(116)117/h1-86H. The molecular weight excluding hydrogens is 1740 g/mol. The van der Waals surface area contributed by atoms with Crippen molar-refractivity contribution in [2.45, 2.75) is 0 Å². The fourth-order valence-corrected chi connectivity index (χ4v) is 24.0. The first-order valence-corrected chi connectivity index (χ1v) is 49.7. The smallest absolute Gasteiger partial charge is 0.0620 e. The summed E-state index contributed by atoms with van der Waals surface area (Å²) in [6.07, 6.45) is 0. The molecule has 668 valence electrons. The van der Waals surface area contributed by atoms with Crippen LogP contribution in [0.4, 0.5) is 0 Å². The van der Waals surface area contributed by atoms with Gasteiger partial charge in [0.05, 0.1) is 71.7 Å². The number of rotatable bonds is 15. The highest BCUT2D eigenvalue weighted by atomic mass is 15.0. The van der Waals surface area contributed by atoms with E-state index >= 15 is 0 Å². The maximum atomic E-state index is 2.51. The zero-order valence-electron chi connectivity index (χ0n) is 78.3. The second-order valence-corrected chi connectivity index (χ2v) is 38.6. The highest BCUT2D eigenvalue weighted by Gasteiger charge is 2.26. The number of para-hydroxylation sites is 6. The first-order chi connectivity index (χ1) is 71.4. The Balaban J connectivity index is 0.540. The third kappa shape index (κ3) is 12.8. The monoisotopic (exact) mass is 1830 g/mol. The highest BCUT2D eigenvalue weighted by molar-refractivity contribution is 6.24. The van der Waals surface area contributed by atoms with Gasteiger partial charge in [0.15, 0.2) is 0 Å². The molecule has 7 heterocycles. The van der Waals surface area contributed by atoms with Gasteiger partial charge < -0.3 is 27.2 Å². The van der Waals surface area contributed by atoms with E-state index in [1.807, 2.05) is 0 Å². The van der Waals surface area contributed by atoms with Gasteiger partial charge in [-0.1, -0.05) is 334 Å². The molecule has 0 saturated heterocycles. The van der Waals surface area contributed by atoms with Crippen LogP contribution in [-0.4, -0.2) is 27.2 Å². The molecule has 30 aromatic rings. The number of aromatic nitrogens is 6. The summed E-state index contributed by atoms with van der Waals surface area (Å²) in [5, 5.41) is 17.1. The summed E-state index contributed by atoms with van der Waals surface area (Å²) in [5.74, 6) is 0. The molecule has 0 N–H and O–H groups in total. The largest absolute Gasteiger partial charge is 0.309 e. The minimum absolute atomic E-state index is 1.08. The third-order valence-corrected chi connectivity index (χ3v) is 30.7. The van der Waals surface area contributed by atoms with Crippen LogP contribution in [0.2, 0.25) is 0 Å². The molecule has 0 fully saturated rings. The second-order valence-electron chi connectivity index (χ2n) is 38.6. The van der Waals surface area contributed by atoms with Crippen LogP contribution >= 0.6 is 0 Å². The van der Waals surface area contributed by atoms with Crippen LogP contribution < -0.4 is 0 Å². The minimum Gasteiger partial charge on any atom is -0.309 e. The van der Waals surface area contributed by atoms with Crippen molar-refractivity contribution >= 4 is 147 Å². The van der Waals surface area contributed by atoms with Crippen molar-refractivity contribution in [3.05, 3.63) is 522 Å². The summed E-state index contributed by atoms with van der Waals surface area (Å²) < 4.78 is 14.8. The van der Waals surface area contributed by atoms with Gasteiger partial charge in [-0.25, -0.2) is 0 Å². The molecule has 6 nitrogen and oxygen atoms in total. The van der Waals surface area contributed by atoms with Crippen molar-refractivity contribution in [3.63, 3.8) is 0 Å². The molecule has 23 aromatic carbocycles. The summed E-state index contributed by atoms with van der Waals surface area (Å²) in [6.45, 7) is 0. The molecule has 30 rings (SSSR count). The predicted octanol–water partition coefficient (Wildman–Crippen LogP) is 37.0. The lowest BCUT2D eigenvalue weighted by Crippen LogP contribution is -1.96. The Labute approximate surface area is 829 Å². The van der Waals surface area contributed by atoms with Crippen molar-refractivity contribution < 1.29 is 0 Å². The zero-order valence-corrected chi connectivity index (χ0v) is 78.3. The van der Waals surface area contributed by atoms with E-state index in [2.05, 4.69) is 549 Å². The maximum Gasteiger partial charge on any atom is 0.0620 e. The van der Waals surface area contributed by atoms with Gasteiger partial charge >= 0.3 is 0 Å². The summed E-state index contributed by atoms with van der Waals surface area (Å²) >= 11 is 0. The molecule has 0 unspecified atom stereocenters. The molecule has 0 radical (unpaired) electrons. The van der Waals surface area contributed by atoms with Crippen LogP contribution in [0.5, 0.6) is 0 Å². The fraction of sp³-hybridized carbons (Fsp3) is 0. The summed E-state index contributed by atoms with van der Waals surface area (Å²) in [7, 11) is 0. The van der Waals surface area contributed by atoms with Crippen molar-refractivity contribution in [1.82, 2.24) is 27.2 Å². The number of hydrogen-bond acceptors (Lipinski definition) is 0. The van der Waals surface area contributed by atoms with E-state index in [0.29, 0.717) is 0 Å². The van der Waals surface area contributed by atoms with Gasteiger partial charge in [0.25, 0.3) is 0 Å². The van der Waals surface area contributed by atoms with Crippen molar-refractivity contribution in [2.24, 2.45) is 0 Å². The van der Waals surface area contributed by atoms with Crippen LogP contribution in [0.1, 0.15) is 0 Å². The Morgan fingerprint density at radius 3 is 0.812 bits per heavy atom. The van der Waals surface area contributed by atoms with Crippen molar-refractivity contribution in [2.75, 3.05) is 0 Å². The van der Waals surface area contributed by atoms with E-state index < -0.39 is 0 Å². The Morgan fingerprint density at radius 2 is 0.340 bits per heavy atom. The predicted molar refractivity (Wildman–Crippen MR) is 607 cm³/mol. The number of fused-ring (bicyclic) bond motifs is 21. The molecule has 7 aromatic heterocycles. The van der Waals surface area contributed by atoms with Gasteiger partial charge in [-0.15, -0.1) is 0 Å². The summed E-state index contributed by atoms with van der Waals surface area (Å²) in [4.78, 5) is 0. The Hall–Kier alpha value is -19.1. The average Bonchev–Trinajstić information content (AvgIpc) is 1.54. The Bertz CT molecular complexity index is 10500. The molecule has 0 atom stereocenters. The van der Waals surface area contributed by atoms with Crippen LogP contribution in [0.3, 0.4) is 0 Å². The first kappa shape index (κ1) is 80.9. The van der Waals surface area contributed by atoms with E-state index in [-0.39, 0.29) is 0 Å². The second kappa shape index (κ2) is 32.2. The SMILES string of the molecule is c1ccc(-c2ccc(-n3c4ccccc4c4cc(-c5ccc6c(c5)c5ccc(-c7ccc8c(c7)c7cc(-c9ccc%10c(c9)c9ccccc9n%10-c9ccccc9)ccc7n8-c7ccc8c(c7)c7ccccc7n8-c7cccc(-c8cc(-c9cccc(-c%10cccc(-c%11ccc%12c(c%11)c%11cccc%13c%14ccccc%14n%12c%13%11)c%10)c9)ccc8-c8ccccc8)c7)cc5n6-c5ccc(-c6ccccc6)cc5)ccc43)cc2)cc1. The Morgan fingerprint density at radius 1 is 0.0972 bits per heavy atom. The van der Waals surface area contributed by atoms with Crippen molar-refractivity contribution in [3.8, 4) is 140 Å². The maximum absolute atomic E-state index is 2.51. The number of hydrogen-bond donors (Lipinski definition) is 0. The lowest BCUT2D eigenvalue weighted by molar-refractivity contribution is 1.17. The van der Waals surface area contributed by atoms with Gasteiger partial charge in [0, 0.05) is 104 Å². The molecule has 0 bridgehead atoms. The summed E-state index contributed by atoms with van der Waals surface area (Å²) in [6, 6.07) is 195. The zero-order chi connectivity index (χ0) is 94.3. The summed E-state index contributed by atoms with van der Waals surface area (Å²) in [5.41, 5.74) is 44.1. The minimum atomic E-state index is 1.08. The van der Waals surface area contributed by atoms with Crippen LogP contribution in [0.15, 0.2) is 522 Å². The van der Waals surface area contributed by atoms with Crippen LogP contribution in [0.25, 0.3) is 287 Å². The van der Waals surface area contributed by atoms with Crippen molar-refractivity contribution in [1.29, 1.82) is 0 Å². The Kier molecular flexibility index (Phi) is 18.1. The molecule has 144 heavy (non-hydrogen) atoms. The molecular formula is C138H86N6. The molecule has 0 aliphatic heterocycles. The lowest BCUT2D eigenvalue weighted by atomic mass is 9.90. The number of nitrogens with zero attached hydrogens (tertiary/aromatic N) is 6. The van der Waals surface area contributed by atoms with Crippen LogP contribution in [-0.2, 0) is 0 Å². The number of benzene rings is 23. The molecule has 0 aliphatic rings. The normalized spacial score (nSPS) is 12.0. The van der Waals surface area contributed by atoms with Gasteiger partial charge in [0.2, 0.25) is 0 Å². The quantitative estimate of drug-likeness (QED) is 0.0979. The molecule has 6 heteroatoms. The van der Waals surface area contributed by atoms with E-state index in [1.165, 1.54) is 175 Å². The van der Waals surface area contributed by atoms with E-state index in [9.17, 15) is 0 Å². The van der Waals surface area contributed by atoms with Crippen LogP contribution in [0, 0.1) is 0 Å². The molecule has 0 amide bonds. The van der Waals surface area contributed by atoms with Gasteiger partial charge in [-0.05, 0) is 299 Å². The average molecular weight is 1830 g/mol.